The first kappa shape index (κ1) is 13.8. The van der Waals surface area contributed by atoms with E-state index in [9.17, 15) is 9.59 Å². The Labute approximate surface area is 127 Å². The fourth-order valence-corrected chi connectivity index (χ4v) is 4.09. The Morgan fingerprint density at radius 2 is 1.85 bits per heavy atom. The van der Waals surface area contributed by atoms with E-state index in [0.29, 0.717) is 18.5 Å². The molecule has 0 spiro atoms. The number of amides is 2. The predicted octanol–water partition coefficient (Wildman–Crippen LogP) is 3.17. The zero-order valence-electron chi connectivity index (χ0n) is 11.4. The lowest BCUT2D eigenvalue weighted by atomic mass is 9.86. The van der Waals surface area contributed by atoms with Crippen LogP contribution in [0, 0.1) is 5.41 Å². The summed E-state index contributed by atoms with van der Waals surface area (Å²) < 4.78 is 0. The third kappa shape index (κ3) is 2.30. The van der Waals surface area contributed by atoms with Crippen LogP contribution < -0.4 is 0 Å². The topological polar surface area (TPSA) is 37.4 Å². The van der Waals surface area contributed by atoms with Crippen molar-refractivity contribution < 1.29 is 9.59 Å². The normalized spacial score (nSPS) is 21.1. The summed E-state index contributed by atoms with van der Waals surface area (Å²) in [6.07, 6.45) is 4.92. The molecule has 0 bridgehead atoms. The van der Waals surface area contributed by atoms with Crippen LogP contribution in [-0.4, -0.2) is 28.6 Å². The average Bonchev–Trinajstić information content (AvgIpc) is 2.93. The number of imide groups is 1. The number of benzene rings is 1. The largest absolute Gasteiger partial charge is 0.278 e. The molecule has 0 N–H and O–H groups in total. The Morgan fingerprint density at radius 3 is 2.55 bits per heavy atom. The van der Waals surface area contributed by atoms with Gasteiger partial charge < -0.3 is 0 Å². The van der Waals surface area contributed by atoms with Crippen LogP contribution >= 0.6 is 15.9 Å². The molecule has 0 unspecified atom stereocenters. The van der Waals surface area contributed by atoms with Crippen molar-refractivity contribution in [3.63, 3.8) is 0 Å². The summed E-state index contributed by atoms with van der Waals surface area (Å²) in [6.45, 7) is 0.560. The summed E-state index contributed by atoms with van der Waals surface area (Å²) in [7, 11) is 0. The van der Waals surface area contributed by atoms with Gasteiger partial charge in [-0.25, -0.2) is 0 Å². The van der Waals surface area contributed by atoms with Gasteiger partial charge in [0.15, 0.2) is 0 Å². The SMILES string of the molecule is O=C1Cc2ccccc2C(=O)N1CC1(CBr)CCCC1. The second-order valence-electron chi connectivity index (χ2n) is 5.96. The first-order chi connectivity index (χ1) is 9.65. The first-order valence-corrected chi connectivity index (χ1v) is 8.26. The molecule has 1 aromatic rings. The highest BCUT2D eigenvalue weighted by Gasteiger charge is 2.40. The smallest absolute Gasteiger partial charge is 0.260 e. The molecular formula is C16H18BrNO2. The highest BCUT2D eigenvalue weighted by Crippen LogP contribution is 2.41. The van der Waals surface area contributed by atoms with E-state index in [1.807, 2.05) is 24.3 Å². The lowest BCUT2D eigenvalue weighted by Gasteiger charge is -2.35. The number of hydrogen-bond acceptors (Lipinski definition) is 2. The molecule has 106 valence electrons. The van der Waals surface area contributed by atoms with Crippen LogP contribution in [0.1, 0.15) is 41.6 Å². The summed E-state index contributed by atoms with van der Waals surface area (Å²) >= 11 is 3.58. The molecule has 2 amide bonds. The summed E-state index contributed by atoms with van der Waals surface area (Å²) in [4.78, 5) is 26.3. The number of alkyl halides is 1. The van der Waals surface area contributed by atoms with Gasteiger partial charge >= 0.3 is 0 Å². The van der Waals surface area contributed by atoms with E-state index in [-0.39, 0.29) is 17.2 Å². The summed E-state index contributed by atoms with van der Waals surface area (Å²) in [5.74, 6) is -0.176. The Hall–Kier alpha value is -1.16. The molecule has 1 heterocycles. The van der Waals surface area contributed by atoms with Gasteiger partial charge in [0.2, 0.25) is 5.91 Å². The molecule has 1 aliphatic carbocycles. The van der Waals surface area contributed by atoms with Crippen LogP contribution in [0.2, 0.25) is 0 Å². The van der Waals surface area contributed by atoms with Crippen molar-refractivity contribution in [1.29, 1.82) is 0 Å². The van der Waals surface area contributed by atoms with E-state index in [1.54, 1.807) is 0 Å². The van der Waals surface area contributed by atoms with E-state index in [4.69, 9.17) is 0 Å². The van der Waals surface area contributed by atoms with Crippen molar-refractivity contribution in [2.45, 2.75) is 32.1 Å². The Kier molecular flexibility index (Phi) is 3.67. The monoisotopic (exact) mass is 335 g/mol. The Morgan fingerprint density at radius 1 is 1.15 bits per heavy atom. The maximum atomic E-state index is 12.6. The van der Waals surface area contributed by atoms with Gasteiger partial charge in [0.1, 0.15) is 0 Å². The highest BCUT2D eigenvalue weighted by atomic mass is 79.9. The minimum Gasteiger partial charge on any atom is -0.278 e. The van der Waals surface area contributed by atoms with Crippen molar-refractivity contribution in [2.75, 3.05) is 11.9 Å². The number of rotatable bonds is 3. The molecule has 3 rings (SSSR count). The quantitative estimate of drug-likeness (QED) is 0.628. The molecule has 0 saturated heterocycles. The molecule has 1 saturated carbocycles. The maximum absolute atomic E-state index is 12.6. The molecule has 0 atom stereocenters. The number of hydrogen-bond donors (Lipinski definition) is 0. The van der Waals surface area contributed by atoms with Crippen LogP contribution in [0.4, 0.5) is 0 Å². The molecule has 1 fully saturated rings. The van der Waals surface area contributed by atoms with Crippen molar-refractivity contribution in [3.8, 4) is 0 Å². The molecule has 2 aliphatic rings. The molecule has 1 aromatic carbocycles. The zero-order chi connectivity index (χ0) is 14.2. The number of halogens is 1. The molecule has 0 aromatic heterocycles. The van der Waals surface area contributed by atoms with Gasteiger partial charge in [0.25, 0.3) is 5.91 Å². The van der Waals surface area contributed by atoms with E-state index >= 15 is 0 Å². The van der Waals surface area contributed by atoms with E-state index in [0.717, 1.165) is 23.7 Å². The number of carbonyl (C=O) groups excluding carboxylic acids is 2. The lowest BCUT2D eigenvalue weighted by Crippen LogP contribution is -2.48. The predicted molar refractivity (Wildman–Crippen MR) is 80.9 cm³/mol. The third-order valence-corrected chi connectivity index (χ3v) is 5.77. The van der Waals surface area contributed by atoms with Crippen LogP contribution in [0.25, 0.3) is 0 Å². The van der Waals surface area contributed by atoms with E-state index in [2.05, 4.69) is 15.9 Å². The zero-order valence-corrected chi connectivity index (χ0v) is 13.0. The van der Waals surface area contributed by atoms with Crippen LogP contribution in [0.3, 0.4) is 0 Å². The van der Waals surface area contributed by atoms with Gasteiger partial charge in [-0.05, 0) is 29.9 Å². The van der Waals surface area contributed by atoms with Crippen LogP contribution in [0.5, 0.6) is 0 Å². The lowest BCUT2D eigenvalue weighted by molar-refractivity contribution is -0.129. The van der Waals surface area contributed by atoms with Gasteiger partial charge in [-0.1, -0.05) is 47.0 Å². The minimum absolute atomic E-state index is 0.0547. The maximum Gasteiger partial charge on any atom is 0.260 e. The van der Waals surface area contributed by atoms with Crippen molar-refractivity contribution in [1.82, 2.24) is 4.90 Å². The molecule has 20 heavy (non-hydrogen) atoms. The number of carbonyl (C=O) groups is 2. The first-order valence-electron chi connectivity index (χ1n) is 7.14. The fraction of sp³-hybridized carbons (Fsp3) is 0.500. The summed E-state index contributed by atoms with van der Waals surface area (Å²) in [5.41, 5.74) is 1.63. The van der Waals surface area contributed by atoms with Crippen LogP contribution in [0.15, 0.2) is 24.3 Å². The molecule has 4 heteroatoms. The fourth-order valence-electron chi connectivity index (χ4n) is 3.35. The van der Waals surface area contributed by atoms with Gasteiger partial charge in [-0.15, -0.1) is 0 Å². The molecule has 1 aliphatic heterocycles. The van der Waals surface area contributed by atoms with Crippen molar-refractivity contribution >= 4 is 27.7 Å². The molecule has 0 radical (unpaired) electrons. The van der Waals surface area contributed by atoms with E-state index in [1.165, 1.54) is 17.7 Å². The number of nitrogens with zero attached hydrogens (tertiary/aromatic N) is 1. The average molecular weight is 336 g/mol. The van der Waals surface area contributed by atoms with Crippen molar-refractivity contribution in [2.24, 2.45) is 5.41 Å². The van der Waals surface area contributed by atoms with Gasteiger partial charge in [0.05, 0.1) is 6.42 Å². The van der Waals surface area contributed by atoms with Gasteiger partial charge in [-0.3, -0.25) is 14.5 Å². The van der Waals surface area contributed by atoms with Gasteiger partial charge in [0, 0.05) is 17.4 Å². The Balaban J connectivity index is 1.87. The second kappa shape index (κ2) is 5.32. The van der Waals surface area contributed by atoms with Crippen LogP contribution in [-0.2, 0) is 11.2 Å². The van der Waals surface area contributed by atoms with Gasteiger partial charge in [-0.2, -0.15) is 0 Å². The Bertz CT molecular complexity index is 549. The second-order valence-corrected chi connectivity index (χ2v) is 6.52. The summed E-state index contributed by atoms with van der Waals surface area (Å²) in [5, 5.41) is 0.860. The molecule has 3 nitrogen and oxygen atoms in total. The summed E-state index contributed by atoms with van der Waals surface area (Å²) in [6, 6.07) is 7.44. The minimum atomic E-state index is -0.121. The van der Waals surface area contributed by atoms with E-state index < -0.39 is 0 Å². The number of fused-ring (bicyclic) bond motifs is 1. The van der Waals surface area contributed by atoms with Crippen molar-refractivity contribution in [3.05, 3.63) is 35.4 Å². The third-order valence-electron chi connectivity index (χ3n) is 4.58. The molecular weight excluding hydrogens is 318 g/mol. The standard InChI is InChI=1S/C16H18BrNO2/c17-10-16(7-3-4-8-16)11-18-14(19)9-12-5-1-2-6-13(12)15(18)20/h1-2,5-6H,3-4,7-11H2. The highest BCUT2D eigenvalue weighted by molar-refractivity contribution is 9.09.